The third-order valence-corrected chi connectivity index (χ3v) is 3.04. The van der Waals surface area contributed by atoms with E-state index in [0.29, 0.717) is 6.42 Å². The van der Waals surface area contributed by atoms with Crippen LogP contribution in [0.25, 0.3) is 0 Å². The number of carboxylic acids is 1. The second-order valence-electron chi connectivity index (χ2n) is 4.66. The highest BCUT2D eigenvalue weighted by molar-refractivity contribution is 5.99. The highest BCUT2D eigenvalue weighted by atomic mass is 16.5. The van der Waals surface area contributed by atoms with Gasteiger partial charge in [0, 0.05) is 0 Å². The van der Waals surface area contributed by atoms with E-state index in [1.54, 1.807) is 13.8 Å². The fourth-order valence-corrected chi connectivity index (χ4v) is 2.02. The summed E-state index contributed by atoms with van der Waals surface area (Å²) in [6.07, 6.45) is 0.404. The molecule has 0 heterocycles. The van der Waals surface area contributed by atoms with E-state index in [-0.39, 0.29) is 18.9 Å². The summed E-state index contributed by atoms with van der Waals surface area (Å²) in [7, 11) is 0. The number of rotatable bonds is 7. The van der Waals surface area contributed by atoms with Crippen molar-refractivity contribution in [1.82, 2.24) is 0 Å². The van der Waals surface area contributed by atoms with E-state index in [2.05, 4.69) is 0 Å². The van der Waals surface area contributed by atoms with Gasteiger partial charge in [0.1, 0.15) is 0 Å². The maximum Gasteiger partial charge on any atom is 0.324 e. The number of esters is 1. The zero-order valence-corrected chi connectivity index (χ0v) is 11.4. The van der Waals surface area contributed by atoms with Crippen molar-refractivity contribution in [3.63, 3.8) is 0 Å². The summed E-state index contributed by atoms with van der Waals surface area (Å²) in [5.74, 6) is -2.84. The molecule has 5 heteroatoms. The Morgan fingerprint density at radius 1 is 1.39 bits per heavy atom. The van der Waals surface area contributed by atoms with Gasteiger partial charge in [0.2, 0.25) is 0 Å². The molecule has 0 amide bonds. The monoisotopic (exact) mass is 255 g/mol. The van der Waals surface area contributed by atoms with Crippen LogP contribution < -0.4 is 0 Å². The Hall–Kier alpha value is -1.57. The van der Waals surface area contributed by atoms with Gasteiger partial charge in [-0.15, -0.1) is 0 Å². The summed E-state index contributed by atoms with van der Waals surface area (Å²) in [6.45, 7) is 7.09. The summed E-state index contributed by atoms with van der Waals surface area (Å²) in [4.78, 5) is 23.5. The van der Waals surface area contributed by atoms with Crippen molar-refractivity contribution < 1.29 is 19.4 Å². The highest BCUT2D eigenvalue weighted by Crippen LogP contribution is 2.37. The van der Waals surface area contributed by atoms with Crippen LogP contribution in [0.2, 0.25) is 0 Å². The molecule has 0 radical (unpaired) electrons. The number of hydrogen-bond acceptors (Lipinski definition) is 4. The van der Waals surface area contributed by atoms with Crippen LogP contribution in [0.15, 0.2) is 0 Å². The third kappa shape index (κ3) is 3.22. The summed E-state index contributed by atoms with van der Waals surface area (Å²) in [6, 6.07) is 1.96. The molecule has 0 aromatic carbocycles. The molecule has 0 bridgehead atoms. The van der Waals surface area contributed by atoms with Gasteiger partial charge in [-0.05, 0) is 25.7 Å². The maximum atomic E-state index is 12.0. The lowest BCUT2D eigenvalue weighted by Crippen LogP contribution is -2.46. The van der Waals surface area contributed by atoms with Gasteiger partial charge in [-0.2, -0.15) is 5.26 Å². The van der Waals surface area contributed by atoms with Gasteiger partial charge in [0.15, 0.2) is 5.41 Å². The minimum atomic E-state index is -1.75. The Labute approximate surface area is 108 Å². The molecule has 2 atom stereocenters. The Kier molecular flexibility index (Phi) is 6.39. The van der Waals surface area contributed by atoms with Gasteiger partial charge in [-0.3, -0.25) is 9.59 Å². The molecule has 0 fully saturated rings. The van der Waals surface area contributed by atoms with Gasteiger partial charge in [0.05, 0.1) is 18.6 Å². The number of nitrogens with zero attached hydrogens (tertiary/aromatic N) is 1. The summed E-state index contributed by atoms with van der Waals surface area (Å²) in [5.41, 5.74) is -1.75. The second-order valence-corrected chi connectivity index (χ2v) is 4.66. The van der Waals surface area contributed by atoms with Crippen LogP contribution in [-0.4, -0.2) is 23.7 Å². The van der Waals surface area contributed by atoms with E-state index < -0.39 is 23.3 Å². The lowest BCUT2D eigenvalue weighted by molar-refractivity contribution is -0.172. The Balaban J connectivity index is 5.49. The standard InChI is InChI=1S/C13H21NO4/c1-5-13(11(15)16,12(17)18-6-2)10(8-14)7-9(3)4/h9-10H,5-7H2,1-4H3,(H,15,16). The number of carboxylic acid groups (broad SMARTS) is 1. The second kappa shape index (κ2) is 7.00. The molecular formula is C13H21NO4. The zero-order chi connectivity index (χ0) is 14.3. The van der Waals surface area contributed by atoms with Gasteiger partial charge in [-0.25, -0.2) is 0 Å². The smallest absolute Gasteiger partial charge is 0.324 e. The van der Waals surface area contributed by atoms with Crippen molar-refractivity contribution >= 4 is 11.9 Å². The van der Waals surface area contributed by atoms with Gasteiger partial charge in [0.25, 0.3) is 0 Å². The van der Waals surface area contributed by atoms with E-state index in [9.17, 15) is 20.0 Å². The van der Waals surface area contributed by atoms with E-state index in [0.717, 1.165) is 0 Å². The SMILES string of the molecule is CCOC(=O)C(CC)(C(=O)O)C(C#N)CC(C)C. The number of ether oxygens (including phenoxy) is 1. The first-order valence-electron chi connectivity index (χ1n) is 6.16. The lowest BCUT2D eigenvalue weighted by atomic mass is 9.70. The van der Waals surface area contributed by atoms with Crippen LogP contribution in [0.1, 0.15) is 40.5 Å². The van der Waals surface area contributed by atoms with Crippen molar-refractivity contribution in [1.29, 1.82) is 5.26 Å². The van der Waals surface area contributed by atoms with Crippen molar-refractivity contribution in [3.05, 3.63) is 0 Å². The first-order valence-corrected chi connectivity index (χ1v) is 6.16. The largest absolute Gasteiger partial charge is 0.480 e. The molecule has 0 aliphatic rings. The molecule has 18 heavy (non-hydrogen) atoms. The molecule has 102 valence electrons. The molecule has 0 aliphatic carbocycles. The van der Waals surface area contributed by atoms with E-state index in [1.165, 1.54) is 0 Å². The Morgan fingerprint density at radius 3 is 2.22 bits per heavy atom. The van der Waals surface area contributed by atoms with E-state index >= 15 is 0 Å². The number of carbonyl (C=O) groups is 2. The molecule has 2 unspecified atom stereocenters. The van der Waals surface area contributed by atoms with Crippen LogP contribution in [-0.2, 0) is 14.3 Å². The maximum absolute atomic E-state index is 12.0. The first-order chi connectivity index (χ1) is 8.36. The molecule has 0 saturated carbocycles. The van der Waals surface area contributed by atoms with Gasteiger partial charge in [-0.1, -0.05) is 20.8 Å². The number of carbonyl (C=O) groups excluding carboxylic acids is 1. The van der Waals surface area contributed by atoms with E-state index in [1.807, 2.05) is 19.9 Å². The van der Waals surface area contributed by atoms with Crippen LogP contribution >= 0.6 is 0 Å². The van der Waals surface area contributed by atoms with Crippen LogP contribution in [0.3, 0.4) is 0 Å². The van der Waals surface area contributed by atoms with Crippen LogP contribution in [0.4, 0.5) is 0 Å². The van der Waals surface area contributed by atoms with Crippen LogP contribution in [0.5, 0.6) is 0 Å². The average molecular weight is 255 g/mol. The molecule has 0 aliphatic heterocycles. The minimum absolute atomic E-state index is 0.0477. The fraction of sp³-hybridized carbons (Fsp3) is 0.769. The third-order valence-electron chi connectivity index (χ3n) is 3.04. The number of hydrogen-bond donors (Lipinski definition) is 1. The van der Waals surface area contributed by atoms with Crippen molar-refractivity contribution in [2.45, 2.75) is 40.5 Å². The van der Waals surface area contributed by atoms with Gasteiger partial charge < -0.3 is 9.84 Å². The average Bonchev–Trinajstić information content (AvgIpc) is 2.28. The summed E-state index contributed by atoms with van der Waals surface area (Å²) >= 11 is 0. The minimum Gasteiger partial charge on any atom is -0.480 e. The molecule has 0 aromatic rings. The van der Waals surface area contributed by atoms with Crippen molar-refractivity contribution in [3.8, 4) is 6.07 Å². The predicted molar refractivity (Wildman–Crippen MR) is 65.6 cm³/mol. The molecule has 0 rings (SSSR count). The zero-order valence-electron chi connectivity index (χ0n) is 11.4. The number of aliphatic carboxylic acids is 1. The first kappa shape index (κ1) is 16.4. The molecule has 0 spiro atoms. The molecular weight excluding hydrogens is 234 g/mol. The van der Waals surface area contributed by atoms with Crippen molar-refractivity contribution in [2.24, 2.45) is 17.3 Å². The molecule has 5 nitrogen and oxygen atoms in total. The number of nitriles is 1. The highest BCUT2D eigenvalue weighted by Gasteiger charge is 2.53. The Bertz CT molecular complexity index is 345. The predicted octanol–water partition coefficient (Wildman–Crippen LogP) is 2.22. The summed E-state index contributed by atoms with van der Waals surface area (Å²) < 4.78 is 4.85. The molecule has 0 saturated heterocycles. The fourth-order valence-electron chi connectivity index (χ4n) is 2.02. The molecule has 0 aromatic heterocycles. The van der Waals surface area contributed by atoms with Crippen molar-refractivity contribution in [2.75, 3.05) is 6.61 Å². The van der Waals surface area contributed by atoms with E-state index in [4.69, 9.17) is 4.74 Å². The quantitative estimate of drug-likeness (QED) is 0.556. The van der Waals surface area contributed by atoms with Gasteiger partial charge >= 0.3 is 11.9 Å². The van der Waals surface area contributed by atoms with Crippen LogP contribution in [0, 0.1) is 28.6 Å². The molecule has 1 N–H and O–H groups in total. The Morgan fingerprint density at radius 2 is 1.94 bits per heavy atom. The topological polar surface area (TPSA) is 87.4 Å². The normalized spacial score (nSPS) is 15.6. The summed E-state index contributed by atoms with van der Waals surface area (Å²) in [5, 5.41) is 18.6. The lowest BCUT2D eigenvalue weighted by Gasteiger charge is -2.30.